The number of ether oxygens (including phenoxy) is 2. The highest BCUT2D eigenvalue weighted by Crippen LogP contribution is 2.35. The molecule has 1 N–H and O–H groups in total. The van der Waals surface area contributed by atoms with Crippen molar-refractivity contribution in [3.05, 3.63) is 41.6 Å². The fraction of sp³-hybridized carbons (Fsp3) is 0.316. The van der Waals surface area contributed by atoms with Crippen molar-refractivity contribution < 1.29 is 18.7 Å². The van der Waals surface area contributed by atoms with Crippen LogP contribution in [0.3, 0.4) is 0 Å². The van der Waals surface area contributed by atoms with Crippen LogP contribution in [0.4, 0.5) is 10.5 Å². The summed E-state index contributed by atoms with van der Waals surface area (Å²) in [7, 11) is 0. The van der Waals surface area contributed by atoms with Crippen molar-refractivity contribution in [2.45, 2.75) is 18.8 Å². The molecule has 2 aliphatic heterocycles. The number of furan rings is 1. The summed E-state index contributed by atoms with van der Waals surface area (Å²) in [5, 5.41) is 13.3. The van der Waals surface area contributed by atoms with Gasteiger partial charge in [-0.2, -0.15) is 0 Å². The number of nitrogens with zero attached hydrogens (tertiary/aromatic N) is 3. The number of carbonyl (C=O) groups excluding carboxylic acids is 1. The van der Waals surface area contributed by atoms with E-state index in [0.29, 0.717) is 36.2 Å². The Morgan fingerprint density at radius 3 is 2.82 bits per heavy atom. The van der Waals surface area contributed by atoms with Crippen LogP contribution in [0.1, 0.15) is 23.8 Å². The number of carbonyl (C=O) groups is 1. The number of urea groups is 1. The molecule has 0 saturated carbocycles. The zero-order chi connectivity index (χ0) is 18.9. The van der Waals surface area contributed by atoms with Crippen molar-refractivity contribution in [1.82, 2.24) is 15.1 Å². The summed E-state index contributed by atoms with van der Waals surface area (Å²) in [4.78, 5) is 14.4. The number of aromatic nitrogens is 2. The van der Waals surface area contributed by atoms with E-state index in [2.05, 4.69) is 15.5 Å². The average Bonchev–Trinajstić information content (AvgIpc) is 3.48. The molecule has 2 amide bonds. The number of likely N-dealkylation sites (tertiary alicyclic amines) is 1. The van der Waals surface area contributed by atoms with Crippen LogP contribution in [0.5, 0.6) is 11.5 Å². The molecule has 4 heterocycles. The third-order valence-electron chi connectivity index (χ3n) is 4.93. The Balaban J connectivity index is 1.18. The highest BCUT2D eigenvalue weighted by atomic mass is 32.1. The minimum atomic E-state index is -0.106. The Morgan fingerprint density at radius 1 is 1.14 bits per heavy atom. The monoisotopic (exact) mass is 398 g/mol. The molecule has 0 bridgehead atoms. The van der Waals surface area contributed by atoms with E-state index < -0.39 is 0 Å². The van der Waals surface area contributed by atoms with Crippen molar-refractivity contribution in [3.8, 4) is 22.3 Å². The number of rotatable bonds is 3. The number of piperidine rings is 1. The largest absolute Gasteiger partial charge is 0.462 e. The molecule has 1 fully saturated rings. The van der Waals surface area contributed by atoms with Crippen LogP contribution in [-0.4, -0.2) is 41.0 Å². The average molecular weight is 398 g/mol. The van der Waals surface area contributed by atoms with E-state index in [1.54, 1.807) is 29.7 Å². The van der Waals surface area contributed by atoms with Crippen LogP contribution >= 0.6 is 11.3 Å². The van der Waals surface area contributed by atoms with Crippen LogP contribution in [0.2, 0.25) is 0 Å². The van der Waals surface area contributed by atoms with E-state index in [9.17, 15) is 4.79 Å². The Labute approximate surface area is 165 Å². The lowest BCUT2D eigenvalue weighted by Gasteiger charge is -2.31. The van der Waals surface area contributed by atoms with Crippen LogP contribution in [0.15, 0.2) is 41.0 Å². The molecule has 0 radical (unpaired) electrons. The molecular formula is C19H18N4O4S. The summed E-state index contributed by atoms with van der Waals surface area (Å²) >= 11 is 1.56. The summed E-state index contributed by atoms with van der Waals surface area (Å²) in [5.74, 6) is 2.41. The van der Waals surface area contributed by atoms with Gasteiger partial charge in [0, 0.05) is 30.8 Å². The molecule has 144 valence electrons. The smallest absolute Gasteiger partial charge is 0.321 e. The molecule has 1 saturated heterocycles. The van der Waals surface area contributed by atoms with Crippen LogP contribution in [0.25, 0.3) is 10.8 Å². The fourth-order valence-corrected chi connectivity index (χ4v) is 4.39. The summed E-state index contributed by atoms with van der Waals surface area (Å²) in [6.07, 6.45) is 3.36. The molecule has 0 atom stereocenters. The first-order chi connectivity index (χ1) is 13.8. The number of anilines is 1. The molecule has 5 rings (SSSR count). The van der Waals surface area contributed by atoms with Gasteiger partial charge in [-0.1, -0.05) is 11.3 Å². The van der Waals surface area contributed by atoms with E-state index in [1.807, 2.05) is 23.1 Å². The van der Waals surface area contributed by atoms with Crippen molar-refractivity contribution >= 4 is 23.1 Å². The second-order valence-electron chi connectivity index (χ2n) is 6.68. The van der Waals surface area contributed by atoms with Gasteiger partial charge in [-0.3, -0.25) is 0 Å². The molecule has 2 aliphatic rings. The van der Waals surface area contributed by atoms with Crippen molar-refractivity contribution in [2.24, 2.45) is 0 Å². The first-order valence-corrected chi connectivity index (χ1v) is 9.91. The van der Waals surface area contributed by atoms with Gasteiger partial charge in [0.2, 0.25) is 6.79 Å². The second-order valence-corrected chi connectivity index (χ2v) is 7.69. The summed E-state index contributed by atoms with van der Waals surface area (Å²) in [5.41, 5.74) is 0.698. The number of amides is 2. The maximum absolute atomic E-state index is 12.6. The zero-order valence-electron chi connectivity index (χ0n) is 15.0. The lowest BCUT2D eigenvalue weighted by atomic mass is 9.98. The molecule has 2 aromatic heterocycles. The molecule has 0 spiro atoms. The van der Waals surface area contributed by atoms with Gasteiger partial charge in [0.15, 0.2) is 22.3 Å². The highest BCUT2D eigenvalue weighted by Gasteiger charge is 2.27. The van der Waals surface area contributed by atoms with E-state index in [-0.39, 0.29) is 12.8 Å². The number of hydrogen-bond acceptors (Lipinski definition) is 7. The van der Waals surface area contributed by atoms with Crippen LogP contribution in [0, 0.1) is 0 Å². The summed E-state index contributed by atoms with van der Waals surface area (Å²) in [6, 6.07) is 9.02. The standard InChI is InChI=1S/C19H18N4O4S/c24-19(20-13-3-4-14-16(10-13)27-11-26-14)23-7-5-12(6-8-23)17-21-22-18(28-17)15-2-1-9-25-15/h1-4,9-10,12H,5-8,11H2,(H,20,24). The van der Waals surface area contributed by atoms with E-state index in [1.165, 1.54) is 0 Å². The van der Waals surface area contributed by atoms with Crippen LogP contribution < -0.4 is 14.8 Å². The first kappa shape index (κ1) is 17.1. The van der Waals surface area contributed by atoms with Gasteiger partial charge >= 0.3 is 6.03 Å². The lowest BCUT2D eigenvalue weighted by Crippen LogP contribution is -2.40. The van der Waals surface area contributed by atoms with Gasteiger partial charge in [-0.15, -0.1) is 10.2 Å². The molecule has 28 heavy (non-hydrogen) atoms. The Hall–Kier alpha value is -3.07. The molecule has 0 unspecified atom stereocenters. The first-order valence-electron chi connectivity index (χ1n) is 9.09. The lowest BCUT2D eigenvalue weighted by molar-refractivity contribution is 0.174. The number of benzene rings is 1. The van der Waals surface area contributed by atoms with Gasteiger partial charge in [-0.05, 0) is 37.1 Å². The van der Waals surface area contributed by atoms with E-state index >= 15 is 0 Å². The second kappa shape index (κ2) is 7.16. The van der Waals surface area contributed by atoms with E-state index in [0.717, 1.165) is 28.6 Å². The fourth-order valence-electron chi connectivity index (χ4n) is 3.41. The molecular weight excluding hydrogens is 380 g/mol. The summed E-state index contributed by atoms with van der Waals surface area (Å²) in [6.45, 7) is 1.57. The van der Waals surface area contributed by atoms with E-state index in [4.69, 9.17) is 13.9 Å². The van der Waals surface area contributed by atoms with Gasteiger partial charge in [-0.25, -0.2) is 4.79 Å². The normalized spacial score (nSPS) is 16.4. The SMILES string of the molecule is O=C(Nc1ccc2c(c1)OCO2)N1CCC(c2nnc(-c3ccco3)s2)CC1. The third kappa shape index (κ3) is 3.29. The highest BCUT2D eigenvalue weighted by molar-refractivity contribution is 7.14. The zero-order valence-corrected chi connectivity index (χ0v) is 15.8. The predicted octanol–water partition coefficient (Wildman–Crippen LogP) is 3.94. The summed E-state index contributed by atoms with van der Waals surface area (Å²) < 4.78 is 16.0. The molecule has 0 aliphatic carbocycles. The number of fused-ring (bicyclic) bond motifs is 1. The minimum Gasteiger partial charge on any atom is -0.462 e. The number of hydrogen-bond donors (Lipinski definition) is 1. The Bertz CT molecular complexity index is 980. The molecule has 1 aromatic carbocycles. The Kier molecular flexibility index (Phi) is 4.36. The van der Waals surface area contributed by atoms with Crippen molar-refractivity contribution in [2.75, 3.05) is 25.2 Å². The van der Waals surface area contributed by atoms with Crippen molar-refractivity contribution in [1.29, 1.82) is 0 Å². The third-order valence-corrected chi connectivity index (χ3v) is 6.03. The minimum absolute atomic E-state index is 0.106. The maximum atomic E-state index is 12.6. The maximum Gasteiger partial charge on any atom is 0.321 e. The Morgan fingerprint density at radius 2 is 2.00 bits per heavy atom. The van der Waals surface area contributed by atoms with Crippen LogP contribution in [-0.2, 0) is 0 Å². The molecule has 3 aromatic rings. The molecule has 9 heteroatoms. The van der Waals surface area contributed by atoms with Gasteiger partial charge in [0.25, 0.3) is 0 Å². The predicted molar refractivity (Wildman–Crippen MR) is 103 cm³/mol. The van der Waals surface area contributed by atoms with Gasteiger partial charge in [0.05, 0.1) is 6.26 Å². The van der Waals surface area contributed by atoms with Crippen molar-refractivity contribution in [3.63, 3.8) is 0 Å². The topological polar surface area (TPSA) is 89.7 Å². The van der Waals surface area contributed by atoms with Gasteiger partial charge < -0.3 is 24.1 Å². The molecule has 8 nitrogen and oxygen atoms in total. The number of nitrogens with one attached hydrogen (secondary N) is 1. The quantitative estimate of drug-likeness (QED) is 0.719. The van der Waals surface area contributed by atoms with Gasteiger partial charge in [0.1, 0.15) is 5.01 Å².